The molecule has 0 bridgehead atoms. The van der Waals surface area contributed by atoms with Crippen molar-refractivity contribution in [2.24, 2.45) is 5.73 Å². The Morgan fingerprint density at radius 2 is 1.46 bits per heavy atom. The van der Waals surface area contributed by atoms with Crippen molar-refractivity contribution < 1.29 is 0 Å². The third-order valence-corrected chi connectivity index (χ3v) is 4.74. The number of piperazine rings is 1. The number of benzene rings is 1. The largest absolute Gasteiger partial charge is 0.383 e. The maximum absolute atomic E-state index is 5.59. The van der Waals surface area contributed by atoms with Crippen LogP contribution in [0.15, 0.2) is 36.5 Å². The molecule has 9 heteroatoms. The van der Waals surface area contributed by atoms with Gasteiger partial charge in [-0.25, -0.2) is 0 Å². The first-order valence-corrected chi connectivity index (χ1v) is 9.09. The molecule has 0 saturated carbocycles. The van der Waals surface area contributed by atoms with Gasteiger partial charge in [0.25, 0.3) is 0 Å². The van der Waals surface area contributed by atoms with E-state index in [4.69, 9.17) is 5.73 Å². The van der Waals surface area contributed by atoms with Crippen LogP contribution in [0.4, 0.5) is 5.69 Å². The zero-order chi connectivity index (χ0) is 16.6. The van der Waals surface area contributed by atoms with Gasteiger partial charge < -0.3 is 20.9 Å². The number of hydrogen-bond donors (Lipinski definition) is 2. The molecule has 1 aliphatic heterocycles. The molecule has 1 aliphatic rings. The second kappa shape index (κ2) is 16.3. The molecule has 1 saturated heterocycles. The number of hydrogen-bond acceptors (Lipinski definition) is 5. The Morgan fingerprint density at radius 1 is 0.857 bits per heavy atom. The van der Waals surface area contributed by atoms with Crippen LogP contribution < -0.4 is 11.1 Å². The second-order valence-corrected chi connectivity index (χ2v) is 6.49. The predicted molar refractivity (Wildman–Crippen MR) is 130 cm³/mol. The number of anilines is 1. The van der Waals surface area contributed by atoms with Crippen molar-refractivity contribution in [3.8, 4) is 0 Å². The minimum Gasteiger partial charge on any atom is -0.383 e. The van der Waals surface area contributed by atoms with E-state index < -0.39 is 0 Å². The van der Waals surface area contributed by atoms with Crippen molar-refractivity contribution in [3.63, 3.8) is 0 Å². The van der Waals surface area contributed by atoms with E-state index in [1.807, 2.05) is 12.3 Å². The molecule has 0 spiro atoms. The lowest BCUT2D eigenvalue weighted by molar-refractivity contribution is 0.132. The fraction of sp³-hybridized carbons (Fsp3) is 0.526. The zero-order valence-electron chi connectivity index (χ0n) is 16.1. The van der Waals surface area contributed by atoms with Gasteiger partial charge in [0.2, 0.25) is 0 Å². The quantitative estimate of drug-likeness (QED) is 0.573. The first kappa shape index (κ1) is 29.7. The minimum atomic E-state index is 0. The smallest absolute Gasteiger partial charge is 0.0933 e. The average Bonchev–Trinajstić information content (AvgIpc) is 2.64. The van der Waals surface area contributed by atoms with Gasteiger partial charge in [0.1, 0.15) is 0 Å². The first-order chi connectivity index (χ1) is 11.9. The first-order valence-electron chi connectivity index (χ1n) is 9.09. The van der Waals surface area contributed by atoms with Gasteiger partial charge in [-0.1, -0.05) is 18.2 Å². The van der Waals surface area contributed by atoms with Crippen molar-refractivity contribution in [1.82, 2.24) is 14.8 Å². The van der Waals surface area contributed by atoms with Gasteiger partial charge in [-0.05, 0) is 44.6 Å². The summed E-state index contributed by atoms with van der Waals surface area (Å²) in [5.41, 5.74) is 7.79. The van der Waals surface area contributed by atoms with Crippen LogP contribution in [-0.4, -0.2) is 67.1 Å². The Kier molecular flexibility index (Phi) is 17.3. The zero-order valence-corrected chi connectivity index (χ0v) is 19.4. The molecule has 0 aliphatic carbocycles. The SMILES string of the molecule is Cl.Cl.Cl.Cl.NCCCN1CCN(CCCNc2cccc3cccnc23)CC1. The lowest BCUT2D eigenvalue weighted by atomic mass is 10.2. The summed E-state index contributed by atoms with van der Waals surface area (Å²) in [5, 5.41) is 4.74. The number of fused-ring (bicyclic) bond motifs is 1. The van der Waals surface area contributed by atoms with E-state index in [1.54, 1.807) is 0 Å². The summed E-state index contributed by atoms with van der Waals surface area (Å²) in [6.45, 7) is 8.83. The fourth-order valence-corrected chi connectivity index (χ4v) is 3.32. The molecule has 0 unspecified atom stereocenters. The Labute approximate surface area is 193 Å². The van der Waals surface area contributed by atoms with Gasteiger partial charge in [0.15, 0.2) is 0 Å². The van der Waals surface area contributed by atoms with Crippen molar-refractivity contribution >= 4 is 66.2 Å². The molecule has 2 aromatic rings. The van der Waals surface area contributed by atoms with Crippen LogP contribution in [0.25, 0.3) is 10.9 Å². The summed E-state index contributed by atoms with van der Waals surface area (Å²) >= 11 is 0. The Hall–Kier alpha value is -0.530. The Balaban J connectivity index is 0. The molecule has 0 radical (unpaired) electrons. The lowest BCUT2D eigenvalue weighted by Gasteiger charge is -2.34. The van der Waals surface area contributed by atoms with E-state index in [1.165, 1.54) is 31.6 Å². The molecular weight excluding hydrogens is 440 g/mol. The van der Waals surface area contributed by atoms with E-state index in [-0.39, 0.29) is 49.6 Å². The van der Waals surface area contributed by atoms with Gasteiger partial charge in [0.05, 0.1) is 11.2 Å². The summed E-state index contributed by atoms with van der Waals surface area (Å²) in [6.07, 6.45) is 4.13. The van der Waals surface area contributed by atoms with Crippen LogP contribution in [0.2, 0.25) is 0 Å². The summed E-state index contributed by atoms with van der Waals surface area (Å²) in [7, 11) is 0. The van der Waals surface area contributed by atoms with Gasteiger partial charge in [-0.15, -0.1) is 49.6 Å². The van der Waals surface area contributed by atoms with Crippen molar-refractivity contribution in [3.05, 3.63) is 36.5 Å². The monoisotopic (exact) mass is 471 g/mol. The highest BCUT2D eigenvalue weighted by Crippen LogP contribution is 2.20. The molecule has 5 nitrogen and oxygen atoms in total. The van der Waals surface area contributed by atoms with Crippen LogP contribution in [0.1, 0.15) is 12.8 Å². The van der Waals surface area contributed by atoms with Crippen molar-refractivity contribution in [1.29, 1.82) is 0 Å². The highest BCUT2D eigenvalue weighted by molar-refractivity contribution is 5.90. The van der Waals surface area contributed by atoms with Gasteiger partial charge >= 0.3 is 0 Å². The van der Waals surface area contributed by atoms with E-state index in [9.17, 15) is 0 Å². The maximum Gasteiger partial charge on any atom is 0.0933 e. The molecular formula is C19H33Cl4N5. The topological polar surface area (TPSA) is 57.4 Å². The summed E-state index contributed by atoms with van der Waals surface area (Å²) in [6, 6.07) is 10.4. The normalized spacial score (nSPS) is 14.2. The number of pyridine rings is 1. The standard InChI is InChI=1S/C19H29N5.4ClH/c20-8-3-11-23-13-15-24(16-14-23)12-4-10-21-18-7-1-5-17-6-2-9-22-19(17)18;;;;/h1-2,5-7,9,21H,3-4,8,10-16,20H2;4*1H. The number of halogens is 4. The molecule has 2 heterocycles. The Morgan fingerprint density at radius 3 is 2.11 bits per heavy atom. The van der Waals surface area contributed by atoms with Crippen LogP contribution in [0.5, 0.6) is 0 Å². The Bertz CT molecular complexity index is 633. The van der Waals surface area contributed by atoms with E-state index in [0.29, 0.717) is 0 Å². The number of nitrogens with zero attached hydrogens (tertiary/aromatic N) is 3. The summed E-state index contributed by atoms with van der Waals surface area (Å²) in [4.78, 5) is 9.60. The lowest BCUT2D eigenvalue weighted by Crippen LogP contribution is -2.47. The van der Waals surface area contributed by atoms with Gasteiger partial charge in [0, 0.05) is 44.3 Å². The average molecular weight is 473 g/mol. The van der Waals surface area contributed by atoms with E-state index in [0.717, 1.165) is 50.2 Å². The van der Waals surface area contributed by atoms with Crippen molar-refractivity contribution in [2.75, 3.05) is 57.7 Å². The molecule has 3 rings (SSSR count). The molecule has 1 aromatic carbocycles. The number of nitrogens with one attached hydrogen (secondary N) is 1. The number of aromatic nitrogens is 1. The molecule has 0 atom stereocenters. The summed E-state index contributed by atoms with van der Waals surface area (Å²) < 4.78 is 0. The number of para-hydroxylation sites is 1. The highest BCUT2D eigenvalue weighted by atomic mass is 35.5. The maximum atomic E-state index is 5.59. The van der Waals surface area contributed by atoms with Gasteiger partial charge in [-0.3, -0.25) is 4.98 Å². The number of rotatable bonds is 8. The molecule has 162 valence electrons. The fourth-order valence-electron chi connectivity index (χ4n) is 3.32. The van der Waals surface area contributed by atoms with E-state index in [2.05, 4.69) is 44.4 Å². The van der Waals surface area contributed by atoms with Crippen LogP contribution >= 0.6 is 49.6 Å². The second-order valence-electron chi connectivity index (χ2n) is 6.49. The molecule has 1 aromatic heterocycles. The minimum absolute atomic E-state index is 0. The third kappa shape index (κ3) is 8.87. The van der Waals surface area contributed by atoms with Crippen LogP contribution in [0.3, 0.4) is 0 Å². The summed E-state index contributed by atoms with van der Waals surface area (Å²) in [5.74, 6) is 0. The number of nitrogens with two attached hydrogens (primary N) is 1. The van der Waals surface area contributed by atoms with Crippen LogP contribution in [0, 0.1) is 0 Å². The third-order valence-electron chi connectivity index (χ3n) is 4.74. The molecule has 3 N–H and O–H groups in total. The highest BCUT2D eigenvalue weighted by Gasteiger charge is 2.15. The van der Waals surface area contributed by atoms with Gasteiger partial charge in [-0.2, -0.15) is 0 Å². The van der Waals surface area contributed by atoms with Crippen LogP contribution in [-0.2, 0) is 0 Å². The van der Waals surface area contributed by atoms with Crippen molar-refractivity contribution in [2.45, 2.75) is 12.8 Å². The van der Waals surface area contributed by atoms with E-state index >= 15 is 0 Å². The molecule has 1 fully saturated rings. The molecule has 28 heavy (non-hydrogen) atoms. The predicted octanol–water partition coefficient (Wildman–Crippen LogP) is 3.69. The molecule has 0 amide bonds.